The Morgan fingerprint density at radius 1 is 1.24 bits per heavy atom. The van der Waals surface area contributed by atoms with Crippen molar-refractivity contribution in [1.29, 1.82) is 0 Å². The Bertz CT molecular complexity index is 367. The molecular formula is C15H24N2. The monoisotopic (exact) mass is 232 g/mol. The third-order valence-electron chi connectivity index (χ3n) is 3.76. The van der Waals surface area contributed by atoms with E-state index in [0.29, 0.717) is 6.04 Å². The minimum Gasteiger partial charge on any atom is -0.314 e. The maximum Gasteiger partial charge on any atom is 0.0349 e. The predicted molar refractivity (Wildman–Crippen MR) is 73.4 cm³/mol. The average Bonchev–Trinajstić information content (AvgIpc) is 2.34. The van der Waals surface area contributed by atoms with Gasteiger partial charge in [0, 0.05) is 32.2 Å². The van der Waals surface area contributed by atoms with Crippen molar-refractivity contribution in [2.24, 2.45) is 0 Å². The van der Waals surface area contributed by atoms with Crippen LogP contribution in [0, 0.1) is 13.8 Å². The molecule has 1 fully saturated rings. The van der Waals surface area contributed by atoms with Crippen molar-refractivity contribution in [2.45, 2.75) is 33.2 Å². The zero-order valence-electron chi connectivity index (χ0n) is 11.3. The second-order valence-electron chi connectivity index (χ2n) is 5.07. The maximum absolute atomic E-state index is 3.43. The van der Waals surface area contributed by atoms with E-state index in [-0.39, 0.29) is 0 Å². The van der Waals surface area contributed by atoms with Crippen LogP contribution in [0.15, 0.2) is 18.2 Å². The first kappa shape index (κ1) is 12.6. The summed E-state index contributed by atoms with van der Waals surface area (Å²) >= 11 is 0. The summed E-state index contributed by atoms with van der Waals surface area (Å²) in [7, 11) is 0. The molecule has 0 radical (unpaired) electrons. The largest absolute Gasteiger partial charge is 0.314 e. The van der Waals surface area contributed by atoms with Crippen molar-refractivity contribution in [2.75, 3.05) is 26.2 Å². The molecule has 2 heteroatoms. The molecule has 94 valence electrons. The normalized spacial score (nSPS) is 19.2. The fraction of sp³-hybridized carbons (Fsp3) is 0.600. The number of nitrogens with zero attached hydrogens (tertiary/aromatic N) is 1. The molecule has 1 heterocycles. The molecular weight excluding hydrogens is 208 g/mol. The van der Waals surface area contributed by atoms with Gasteiger partial charge in [-0.3, -0.25) is 4.90 Å². The molecule has 1 N–H and O–H groups in total. The molecule has 1 saturated heterocycles. The molecule has 0 amide bonds. The standard InChI is InChI=1S/C15H24N2/c1-4-15(17-9-7-16-8-10-17)14-6-5-12(2)11-13(14)3/h5-6,11,15-16H,4,7-10H2,1-3H3. The molecule has 0 aliphatic carbocycles. The highest BCUT2D eigenvalue weighted by Gasteiger charge is 2.21. The molecule has 0 aromatic heterocycles. The highest BCUT2D eigenvalue weighted by atomic mass is 15.2. The van der Waals surface area contributed by atoms with E-state index < -0.39 is 0 Å². The Kier molecular flexibility index (Phi) is 4.19. The van der Waals surface area contributed by atoms with Crippen LogP contribution in [0.4, 0.5) is 0 Å². The van der Waals surface area contributed by atoms with Gasteiger partial charge < -0.3 is 5.32 Å². The number of benzene rings is 1. The summed E-state index contributed by atoms with van der Waals surface area (Å²) in [5.41, 5.74) is 4.32. The van der Waals surface area contributed by atoms with Gasteiger partial charge in [0.25, 0.3) is 0 Å². The predicted octanol–water partition coefficient (Wildman–Crippen LogP) is 2.66. The number of hydrogen-bond donors (Lipinski definition) is 1. The molecule has 1 unspecified atom stereocenters. The van der Waals surface area contributed by atoms with Crippen LogP contribution in [0.25, 0.3) is 0 Å². The van der Waals surface area contributed by atoms with Crippen LogP contribution in [0.1, 0.15) is 36.1 Å². The van der Waals surface area contributed by atoms with Crippen molar-refractivity contribution in [3.8, 4) is 0 Å². The molecule has 2 nitrogen and oxygen atoms in total. The lowest BCUT2D eigenvalue weighted by atomic mass is 9.96. The van der Waals surface area contributed by atoms with Gasteiger partial charge in [-0.15, -0.1) is 0 Å². The molecule has 1 atom stereocenters. The SMILES string of the molecule is CCC(c1ccc(C)cc1C)N1CCNCC1. The lowest BCUT2D eigenvalue weighted by Crippen LogP contribution is -2.45. The average molecular weight is 232 g/mol. The van der Waals surface area contributed by atoms with Crippen molar-refractivity contribution >= 4 is 0 Å². The summed E-state index contributed by atoms with van der Waals surface area (Å²) in [5.74, 6) is 0. The van der Waals surface area contributed by atoms with E-state index >= 15 is 0 Å². The highest BCUT2D eigenvalue weighted by Crippen LogP contribution is 2.27. The molecule has 0 bridgehead atoms. The minimum atomic E-state index is 0.595. The van der Waals surface area contributed by atoms with Crippen LogP contribution in [-0.4, -0.2) is 31.1 Å². The summed E-state index contributed by atoms with van der Waals surface area (Å²) < 4.78 is 0. The lowest BCUT2D eigenvalue weighted by Gasteiger charge is -2.35. The first-order valence-electron chi connectivity index (χ1n) is 6.74. The first-order valence-corrected chi connectivity index (χ1v) is 6.74. The summed E-state index contributed by atoms with van der Waals surface area (Å²) in [6.45, 7) is 11.3. The molecule has 0 saturated carbocycles. The lowest BCUT2D eigenvalue weighted by molar-refractivity contribution is 0.169. The van der Waals surface area contributed by atoms with Gasteiger partial charge in [-0.2, -0.15) is 0 Å². The summed E-state index contributed by atoms with van der Waals surface area (Å²) in [5, 5.41) is 3.43. The van der Waals surface area contributed by atoms with Crippen LogP contribution in [-0.2, 0) is 0 Å². The summed E-state index contributed by atoms with van der Waals surface area (Å²) in [4.78, 5) is 2.62. The molecule has 2 rings (SSSR count). The third-order valence-corrected chi connectivity index (χ3v) is 3.76. The van der Waals surface area contributed by atoms with E-state index in [9.17, 15) is 0 Å². The van der Waals surface area contributed by atoms with Gasteiger partial charge in [0.15, 0.2) is 0 Å². The number of piperazine rings is 1. The Labute approximate surface area is 105 Å². The van der Waals surface area contributed by atoms with Gasteiger partial charge in [0.05, 0.1) is 0 Å². The van der Waals surface area contributed by atoms with Crippen LogP contribution in [0.5, 0.6) is 0 Å². The minimum absolute atomic E-state index is 0.595. The summed E-state index contributed by atoms with van der Waals surface area (Å²) in [6.07, 6.45) is 1.20. The van der Waals surface area contributed by atoms with Gasteiger partial charge in [-0.1, -0.05) is 30.7 Å². The van der Waals surface area contributed by atoms with Crippen LogP contribution < -0.4 is 5.32 Å². The molecule has 1 aromatic rings. The Balaban J connectivity index is 2.21. The molecule has 17 heavy (non-hydrogen) atoms. The Morgan fingerprint density at radius 3 is 2.53 bits per heavy atom. The molecule has 1 aliphatic heterocycles. The van der Waals surface area contributed by atoms with Crippen molar-refractivity contribution in [3.63, 3.8) is 0 Å². The van der Waals surface area contributed by atoms with Gasteiger partial charge in [0.2, 0.25) is 0 Å². The maximum atomic E-state index is 3.43. The van der Waals surface area contributed by atoms with Crippen LogP contribution in [0.3, 0.4) is 0 Å². The van der Waals surface area contributed by atoms with Gasteiger partial charge in [-0.05, 0) is 31.4 Å². The highest BCUT2D eigenvalue weighted by molar-refractivity contribution is 5.32. The van der Waals surface area contributed by atoms with Crippen molar-refractivity contribution in [3.05, 3.63) is 34.9 Å². The van der Waals surface area contributed by atoms with Gasteiger partial charge in [-0.25, -0.2) is 0 Å². The summed E-state index contributed by atoms with van der Waals surface area (Å²) in [6, 6.07) is 7.46. The van der Waals surface area contributed by atoms with E-state index in [1.807, 2.05) is 0 Å². The van der Waals surface area contributed by atoms with E-state index in [0.717, 1.165) is 13.1 Å². The number of hydrogen-bond acceptors (Lipinski definition) is 2. The van der Waals surface area contributed by atoms with E-state index in [1.54, 1.807) is 0 Å². The van der Waals surface area contributed by atoms with E-state index in [4.69, 9.17) is 0 Å². The van der Waals surface area contributed by atoms with Crippen LogP contribution >= 0.6 is 0 Å². The topological polar surface area (TPSA) is 15.3 Å². The van der Waals surface area contributed by atoms with E-state index in [1.165, 1.54) is 36.2 Å². The second-order valence-corrected chi connectivity index (χ2v) is 5.07. The molecule has 1 aliphatic rings. The fourth-order valence-electron chi connectivity index (χ4n) is 2.87. The Morgan fingerprint density at radius 2 is 1.94 bits per heavy atom. The number of aryl methyl sites for hydroxylation is 2. The van der Waals surface area contributed by atoms with E-state index in [2.05, 4.69) is 49.2 Å². The first-order chi connectivity index (χ1) is 8.22. The molecule has 1 aromatic carbocycles. The van der Waals surface area contributed by atoms with Gasteiger partial charge in [0.1, 0.15) is 0 Å². The second kappa shape index (κ2) is 5.65. The number of rotatable bonds is 3. The number of nitrogens with one attached hydrogen (secondary N) is 1. The zero-order chi connectivity index (χ0) is 12.3. The van der Waals surface area contributed by atoms with Crippen molar-refractivity contribution < 1.29 is 0 Å². The zero-order valence-corrected chi connectivity index (χ0v) is 11.3. The quantitative estimate of drug-likeness (QED) is 0.862. The van der Waals surface area contributed by atoms with Crippen molar-refractivity contribution in [1.82, 2.24) is 10.2 Å². The molecule has 0 spiro atoms. The van der Waals surface area contributed by atoms with Crippen LogP contribution in [0.2, 0.25) is 0 Å². The smallest absolute Gasteiger partial charge is 0.0349 e. The third kappa shape index (κ3) is 2.88. The van der Waals surface area contributed by atoms with Gasteiger partial charge >= 0.3 is 0 Å². The Hall–Kier alpha value is -0.860. The fourth-order valence-corrected chi connectivity index (χ4v) is 2.87.